The first-order valence-electron chi connectivity index (χ1n) is 4.23. The molecular formula is C9H11NaO4S. The van der Waals surface area contributed by atoms with Gasteiger partial charge < -0.3 is 9.29 Å². The van der Waals surface area contributed by atoms with E-state index in [2.05, 4.69) is 0 Å². The maximum absolute atomic E-state index is 10.8. The van der Waals surface area contributed by atoms with E-state index in [-0.39, 0.29) is 40.2 Å². The number of hydrogen-bond donors (Lipinski definition) is 0. The zero-order chi connectivity index (χ0) is 10.6. The summed E-state index contributed by atoms with van der Waals surface area (Å²) in [4.78, 5) is -0.298. The Labute approximate surface area is 112 Å². The molecule has 0 aliphatic heterocycles. The van der Waals surface area contributed by atoms with Crippen LogP contribution in [0, 0.1) is 0 Å². The molecule has 4 nitrogen and oxygen atoms in total. The molecule has 0 spiro atoms. The number of hydrogen-bond acceptors (Lipinski definition) is 4. The van der Waals surface area contributed by atoms with Crippen LogP contribution in [0.2, 0.25) is 0 Å². The predicted molar refractivity (Wildman–Crippen MR) is 50.2 cm³/mol. The first-order valence-corrected chi connectivity index (χ1v) is 5.64. The third-order valence-electron chi connectivity index (χ3n) is 1.58. The summed E-state index contributed by atoms with van der Waals surface area (Å²) >= 11 is 0. The molecule has 1 aromatic rings. The molecule has 0 fully saturated rings. The minimum Gasteiger partial charge on any atom is -0.744 e. The predicted octanol–water partition coefficient (Wildman–Crippen LogP) is -1.62. The standard InChI is InChI=1S/C9H12O4S.Na/c1-2-7-13-8-5-3-4-6-9(8)14(10,11)12;/h3-6H,2,7H2,1H3,(H,10,11,12);/q;+1/p-1. The minimum atomic E-state index is -4.44. The molecule has 0 unspecified atom stereocenters. The van der Waals surface area contributed by atoms with Crippen molar-refractivity contribution in [2.24, 2.45) is 0 Å². The van der Waals surface area contributed by atoms with Crippen molar-refractivity contribution < 1.29 is 47.3 Å². The summed E-state index contributed by atoms with van der Waals surface area (Å²) in [6, 6.07) is 5.83. The van der Waals surface area contributed by atoms with Gasteiger partial charge in [0.2, 0.25) is 0 Å². The third-order valence-corrected chi connectivity index (χ3v) is 2.46. The molecule has 0 radical (unpaired) electrons. The average molecular weight is 238 g/mol. The van der Waals surface area contributed by atoms with Gasteiger partial charge in [-0.2, -0.15) is 0 Å². The summed E-state index contributed by atoms with van der Waals surface area (Å²) in [5.41, 5.74) is 0. The van der Waals surface area contributed by atoms with Gasteiger partial charge in [-0.1, -0.05) is 19.1 Å². The zero-order valence-corrected chi connectivity index (χ0v) is 11.6. The molecule has 15 heavy (non-hydrogen) atoms. The monoisotopic (exact) mass is 238 g/mol. The van der Waals surface area contributed by atoms with E-state index in [0.29, 0.717) is 6.61 Å². The van der Waals surface area contributed by atoms with Crippen molar-refractivity contribution in [2.75, 3.05) is 6.61 Å². The Morgan fingerprint density at radius 1 is 1.33 bits per heavy atom. The molecule has 0 heterocycles. The molecule has 1 rings (SSSR count). The molecule has 0 N–H and O–H groups in total. The number of rotatable bonds is 4. The van der Waals surface area contributed by atoms with Crippen molar-refractivity contribution in [1.82, 2.24) is 0 Å². The van der Waals surface area contributed by atoms with Crippen LogP contribution in [-0.2, 0) is 10.1 Å². The molecule has 78 valence electrons. The molecule has 0 saturated carbocycles. The Kier molecular flexibility index (Phi) is 6.47. The summed E-state index contributed by atoms with van der Waals surface area (Å²) in [7, 11) is -4.44. The van der Waals surface area contributed by atoms with E-state index in [9.17, 15) is 13.0 Å². The molecule has 0 atom stereocenters. The van der Waals surface area contributed by atoms with E-state index in [0.717, 1.165) is 6.42 Å². The molecule has 0 bridgehead atoms. The Morgan fingerprint density at radius 2 is 1.93 bits per heavy atom. The van der Waals surface area contributed by atoms with Gasteiger partial charge in [0.1, 0.15) is 15.9 Å². The molecule has 0 saturated heterocycles. The summed E-state index contributed by atoms with van der Waals surface area (Å²) in [6.07, 6.45) is 0.757. The van der Waals surface area contributed by atoms with Crippen LogP contribution >= 0.6 is 0 Å². The van der Waals surface area contributed by atoms with Crippen LogP contribution in [0.3, 0.4) is 0 Å². The van der Waals surface area contributed by atoms with Crippen LogP contribution in [0.4, 0.5) is 0 Å². The number of para-hydroxylation sites is 1. The van der Waals surface area contributed by atoms with Crippen LogP contribution in [0.15, 0.2) is 29.2 Å². The Hall–Kier alpha value is -0.0700. The van der Waals surface area contributed by atoms with E-state index in [1.807, 2.05) is 6.92 Å². The van der Waals surface area contributed by atoms with Crippen LogP contribution in [-0.4, -0.2) is 19.6 Å². The second kappa shape index (κ2) is 6.50. The summed E-state index contributed by atoms with van der Waals surface area (Å²) in [5, 5.41) is 0. The third kappa shape index (κ3) is 4.53. The zero-order valence-electron chi connectivity index (χ0n) is 8.76. The van der Waals surface area contributed by atoms with Crippen molar-refractivity contribution in [3.05, 3.63) is 24.3 Å². The molecule has 0 aromatic heterocycles. The van der Waals surface area contributed by atoms with Crippen LogP contribution < -0.4 is 34.3 Å². The summed E-state index contributed by atoms with van der Waals surface area (Å²) in [5.74, 6) is 0.129. The molecule has 0 amide bonds. The largest absolute Gasteiger partial charge is 1.00 e. The normalized spacial score (nSPS) is 10.5. The van der Waals surface area contributed by atoms with E-state index in [4.69, 9.17) is 4.74 Å². The van der Waals surface area contributed by atoms with Gasteiger partial charge in [0.15, 0.2) is 0 Å². The summed E-state index contributed by atoms with van der Waals surface area (Å²) < 4.78 is 37.5. The maximum Gasteiger partial charge on any atom is 1.00 e. The van der Waals surface area contributed by atoms with Gasteiger partial charge in [-0.15, -0.1) is 0 Å². The molecule has 6 heteroatoms. The fourth-order valence-electron chi connectivity index (χ4n) is 0.988. The Bertz CT molecular complexity index is 402. The van der Waals surface area contributed by atoms with Crippen LogP contribution in [0.5, 0.6) is 5.75 Å². The Morgan fingerprint density at radius 3 is 2.47 bits per heavy atom. The second-order valence-electron chi connectivity index (χ2n) is 2.75. The Balaban J connectivity index is 0.00000196. The first-order chi connectivity index (χ1) is 6.55. The van der Waals surface area contributed by atoms with Crippen molar-refractivity contribution in [3.8, 4) is 5.75 Å². The molecular weight excluding hydrogens is 227 g/mol. The van der Waals surface area contributed by atoms with Gasteiger partial charge in [-0.25, -0.2) is 8.42 Å². The molecule has 0 aliphatic carbocycles. The van der Waals surface area contributed by atoms with Crippen LogP contribution in [0.1, 0.15) is 13.3 Å². The van der Waals surface area contributed by atoms with Crippen molar-refractivity contribution in [1.29, 1.82) is 0 Å². The van der Waals surface area contributed by atoms with E-state index < -0.39 is 10.1 Å². The topological polar surface area (TPSA) is 66.4 Å². The van der Waals surface area contributed by atoms with Gasteiger partial charge in [-0.3, -0.25) is 0 Å². The number of benzene rings is 1. The summed E-state index contributed by atoms with van der Waals surface area (Å²) in [6.45, 7) is 2.29. The minimum absolute atomic E-state index is 0. The van der Waals surface area contributed by atoms with Crippen molar-refractivity contribution >= 4 is 10.1 Å². The van der Waals surface area contributed by atoms with Gasteiger partial charge in [0.25, 0.3) is 0 Å². The SMILES string of the molecule is CCCOc1ccccc1S(=O)(=O)[O-].[Na+]. The van der Waals surface area contributed by atoms with Crippen molar-refractivity contribution in [3.63, 3.8) is 0 Å². The van der Waals surface area contributed by atoms with Crippen LogP contribution in [0.25, 0.3) is 0 Å². The maximum atomic E-state index is 10.8. The fourth-order valence-corrected chi connectivity index (χ4v) is 1.61. The van der Waals surface area contributed by atoms with Gasteiger partial charge in [0, 0.05) is 0 Å². The number of ether oxygens (including phenoxy) is 1. The van der Waals surface area contributed by atoms with E-state index >= 15 is 0 Å². The quantitative estimate of drug-likeness (QED) is 0.467. The van der Waals surface area contributed by atoms with E-state index in [1.54, 1.807) is 6.07 Å². The first kappa shape index (κ1) is 14.9. The van der Waals surface area contributed by atoms with Gasteiger partial charge >= 0.3 is 29.6 Å². The van der Waals surface area contributed by atoms with Crippen molar-refractivity contribution in [2.45, 2.75) is 18.2 Å². The van der Waals surface area contributed by atoms with Gasteiger partial charge in [-0.05, 0) is 18.6 Å². The molecule has 1 aromatic carbocycles. The van der Waals surface area contributed by atoms with E-state index in [1.165, 1.54) is 18.2 Å². The van der Waals surface area contributed by atoms with Gasteiger partial charge in [0.05, 0.1) is 11.5 Å². The smallest absolute Gasteiger partial charge is 0.744 e. The fraction of sp³-hybridized carbons (Fsp3) is 0.333. The average Bonchev–Trinajstić information content (AvgIpc) is 2.14. The molecule has 0 aliphatic rings. The second-order valence-corrected chi connectivity index (χ2v) is 4.10.